The third kappa shape index (κ3) is 3.29. The van der Waals surface area contributed by atoms with Crippen LogP contribution in [0.25, 0.3) is 0 Å². The van der Waals surface area contributed by atoms with Gasteiger partial charge in [0.2, 0.25) is 0 Å². The first-order chi connectivity index (χ1) is 9.51. The molecule has 104 valence electrons. The van der Waals surface area contributed by atoms with Crippen LogP contribution in [0.4, 0.5) is 10.1 Å². The van der Waals surface area contributed by atoms with E-state index in [0.717, 1.165) is 6.07 Å². The number of rotatable bonds is 3. The highest BCUT2D eigenvalue weighted by atomic mass is 79.9. The maximum atomic E-state index is 13.6. The lowest BCUT2D eigenvalue weighted by atomic mass is 10.2. The largest absolute Gasteiger partial charge is 0.494 e. The second kappa shape index (κ2) is 6.24. The molecule has 0 radical (unpaired) electrons. The Morgan fingerprint density at radius 1 is 1.30 bits per heavy atom. The average molecular weight is 359 g/mol. The number of carbonyl (C=O) groups excluding carboxylic acids is 1. The van der Waals surface area contributed by atoms with Gasteiger partial charge in [0.05, 0.1) is 12.8 Å². The van der Waals surface area contributed by atoms with E-state index in [2.05, 4.69) is 21.2 Å². The third-order valence-electron chi connectivity index (χ3n) is 2.59. The summed E-state index contributed by atoms with van der Waals surface area (Å²) in [7, 11) is 1.36. The molecule has 0 saturated carbocycles. The molecule has 0 heterocycles. The fourth-order valence-corrected chi connectivity index (χ4v) is 2.11. The second-order valence-electron chi connectivity index (χ2n) is 3.93. The molecule has 0 aromatic heterocycles. The van der Waals surface area contributed by atoms with Crippen molar-refractivity contribution < 1.29 is 13.9 Å². The Kier molecular flexibility index (Phi) is 4.62. The molecule has 0 aliphatic carbocycles. The molecule has 2 aromatic rings. The van der Waals surface area contributed by atoms with Gasteiger partial charge in [-0.2, -0.15) is 0 Å². The van der Waals surface area contributed by atoms with E-state index in [1.807, 2.05) is 0 Å². The molecule has 2 rings (SSSR count). The summed E-state index contributed by atoms with van der Waals surface area (Å²) in [5.74, 6) is -0.940. The minimum Gasteiger partial charge on any atom is -0.494 e. The molecular weight excluding hydrogens is 349 g/mol. The minimum atomic E-state index is -0.592. The van der Waals surface area contributed by atoms with Crippen molar-refractivity contribution in [1.82, 2.24) is 0 Å². The lowest BCUT2D eigenvalue weighted by Gasteiger charge is -2.09. The summed E-state index contributed by atoms with van der Waals surface area (Å²) in [5.41, 5.74) is 0.703. The van der Waals surface area contributed by atoms with Gasteiger partial charge in [-0.15, -0.1) is 0 Å². The summed E-state index contributed by atoms with van der Waals surface area (Å²) in [4.78, 5) is 12.0. The van der Waals surface area contributed by atoms with Crippen LogP contribution in [0, 0.1) is 5.82 Å². The molecule has 0 aliphatic heterocycles. The highest BCUT2D eigenvalue weighted by Gasteiger charge is 2.12. The van der Waals surface area contributed by atoms with Gasteiger partial charge in [-0.05, 0) is 52.3 Å². The summed E-state index contributed by atoms with van der Waals surface area (Å²) in [6, 6.07) is 9.00. The number of hydrogen-bond donors (Lipinski definition) is 1. The van der Waals surface area contributed by atoms with Crippen molar-refractivity contribution in [3.63, 3.8) is 0 Å². The van der Waals surface area contributed by atoms with Gasteiger partial charge >= 0.3 is 0 Å². The number of hydrogen-bond acceptors (Lipinski definition) is 2. The van der Waals surface area contributed by atoms with Gasteiger partial charge in [-0.1, -0.05) is 11.6 Å². The highest BCUT2D eigenvalue weighted by molar-refractivity contribution is 9.10. The predicted molar refractivity (Wildman–Crippen MR) is 80.1 cm³/mol. The lowest BCUT2D eigenvalue weighted by molar-refractivity contribution is 0.102. The number of amides is 1. The van der Waals surface area contributed by atoms with E-state index in [0.29, 0.717) is 15.2 Å². The van der Waals surface area contributed by atoms with E-state index in [9.17, 15) is 9.18 Å². The fourth-order valence-electron chi connectivity index (χ4n) is 1.60. The van der Waals surface area contributed by atoms with Gasteiger partial charge in [-0.25, -0.2) is 4.39 Å². The van der Waals surface area contributed by atoms with E-state index in [1.54, 1.807) is 18.2 Å². The van der Waals surface area contributed by atoms with E-state index in [-0.39, 0.29) is 11.3 Å². The molecule has 0 unspecified atom stereocenters. The Morgan fingerprint density at radius 3 is 2.70 bits per heavy atom. The van der Waals surface area contributed by atoms with Gasteiger partial charge in [0.25, 0.3) is 5.91 Å². The number of anilines is 1. The Balaban J connectivity index is 2.24. The van der Waals surface area contributed by atoms with Crippen LogP contribution >= 0.6 is 27.5 Å². The summed E-state index contributed by atoms with van der Waals surface area (Å²) < 4.78 is 19.0. The minimum absolute atomic E-state index is 0.0884. The summed E-state index contributed by atoms with van der Waals surface area (Å²) in [6.45, 7) is 0. The van der Waals surface area contributed by atoms with E-state index < -0.39 is 11.7 Å². The van der Waals surface area contributed by atoms with E-state index in [1.165, 1.54) is 19.2 Å². The normalized spacial score (nSPS) is 10.2. The molecular formula is C14H10BrClFNO2. The van der Waals surface area contributed by atoms with Crippen molar-refractivity contribution in [3.8, 4) is 5.75 Å². The maximum absolute atomic E-state index is 13.6. The third-order valence-corrected chi connectivity index (χ3v) is 3.52. The number of benzene rings is 2. The molecule has 1 N–H and O–H groups in total. The SMILES string of the molecule is COc1ccc(C(=O)Nc2cc(Cl)ccc2Br)cc1F. The quantitative estimate of drug-likeness (QED) is 0.877. The van der Waals surface area contributed by atoms with Gasteiger partial charge in [-0.3, -0.25) is 4.79 Å². The smallest absolute Gasteiger partial charge is 0.255 e. The van der Waals surface area contributed by atoms with Crippen molar-refractivity contribution in [2.75, 3.05) is 12.4 Å². The van der Waals surface area contributed by atoms with Crippen molar-refractivity contribution in [2.45, 2.75) is 0 Å². The zero-order chi connectivity index (χ0) is 14.7. The molecule has 0 aliphatic rings. The van der Waals surface area contributed by atoms with Crippen LogP contribution in [-0.4, -0.2) is 13.0 Å². The molecule has 0 bridgehead atoms. The highest BCUT2D eigenvalue weighted by Crippen LogP contribution is 2.26. The number of ether oxygens (including phenoxy) is 1. The number of carbonyl (C=O) groups is 1. The maximum Gasteiger partial charge on any atom is 0.255 e. The Hall–Kier alpha value is -1.59. The number of halogens is 3. The zero-order valence-electron chi connectivity index (χ0n) is 10.4. The van der Waals surface area contributed by atoms with Gasteiger partial charge < -0.3 is 10.1 Å². The van der Waals surface area contributed by atoms with Gasteiger partial charge in [0.15, 0.2) is 11.6 Å². The fraction of sp³-hybridized carbons (Fsp3) is 0.0714. The van der Waals surface area contributed by atoms with Crippen molar-refractivity contribution in [2.24, 2.45) is 0 Å². The van der Waals surface area contributed by atoms with Gasteiger partial charge in [0.1, 0.15) is 0 Å². The van der Waals surface area contributed by atoms with Crippen molar-refractivity contribution in [3.05, 3.63) is 57.3 Å². The Labute approximate surface area is 128 Å². The first-order valence-corrected chi connectivity index (χ1v) is 6.78. The van der Waals surface area contributed by atoms with E-state index >= 15 is 0 Å². The standard InChI is InChI=1S/C14H10BrClFNO2/c1-20-13-5-2-8(6-11(13)17)14(19)18-12-7-9(16)3-4-10(12)15/h2-7H,1H3,(H,18,19). The second-order valence-corrected chi connectivity index (χ2v) is 5.22. The average Bonchev–Trinajstić information content (AvgIpc) is 2.42. The number of nitrogens with one attached hydrogen (secondary N) is 1. The molecule has 0 atom stereocenters. The number of methoxy groups -OCH3 is 1. The Morgan fingerprint density at radius 2 is 2.05 bits per heavy atom. The zero-order valence-corrected chi connectivity index (χ0v) is 12.8. The van der Waals surface area contributed by atoms with Crippen LogP contribution in [-0.2, 0) is 0 Å². The van der Waals surface area contributed by atoms with Crippen LogP contribution in [0.15, 0.2) is 40.9 Å². The first-order valence-electron chi connectivity index (χ1n) is 5.61. The van der Waals surface area contributed by atoms with Crippen LogP contribution in [0.3, 0.4) is 0 Å². The summed E-state index contributed by atoms with van der Waals surface area (Å²) in [5, 5.41) is 3.14. The molecule has 20 heavy (non-hydrogen) atoms. The monoisotopic (exact) mass is 357 g/mol. The topological polar surface area (TPSA) is 38.3 Å². The molecule has 6 heteroatoms. The first kappa shape index (κ1) is 14.8. The van der Waals surface area contributed by atoms with Crippen LogP contribution in [0.5, 0.6) is 5.75 Å². The van der Waals surface area contributed by atoms with Crippen molar-refractivity contribution in [1.29, 1.82) is 0 Å². The molecule has 3 nitrogen and oxygen atoms in total. The van der Waals surface area contributed by atoms with Crippen LogP contribution in [0.1, 0.15) is 10.4 Å². The van der Waals surface area contributed by atoms with E-state index in [4.69, 9.17) is 16.3 Å². The predicted octanol–water partition coefficient (Wildman–Crippen LogP) is 4.50. The summed E-state index contributed by atoms with van der Waals surface area (Å²) in [6.07, 6.45) is 0. The lowest BCUT2D eigenvalue weighted by Crippen LogP contribution is -2.12. The summed E-state index contributed by atoms with van der Waals surface area (Å²) >= 11 is 9.16. The molecule has 0 saturated heterocycles. The Bertz CT molecular complexity index is 664. The van der Waals surface area contributed by atoms with Crippen LogP contribution in [0.2, 0.25) is 5.02 Å². The van der Waals surface area contributed by atoms with Crippen molar-refractivity contribution >= 4 is 39.1 Å². The molecule has 2 aromatic carbocycles. The molecule has 1 amide bonds. The molecule has 0 spiro atoms. The van der Waals surface area contributed by atoms with Crippen LogP contribution < -0.4 is 10.1 Å². The molecule has 0 fully saturated rings. The van der Waals surface area contributed by atoms with Gasteiger partial charge in [0, 0.05) is 15.1 Å².